The molecule has 5 aromatic rings. The van der Waals surface area contributed by atoms with Crippen molar-refractivity contribution in [2.24, 2.45) is 0 Å². The molecule has 0 bridgehead atoms. The first-order valence-electron chi connectivity index (χ1n) is 14.0. The molecule has 0 saturated carbocycles. The monoisotopic (exact) mass is 583 g/mol. The Kier molecular flexibility index (Phi) is 7.91. The van der Waals surface area contributed by atoms with E-state index in [0.29, 0.717) is 22.7 Å². The number of hydrogen-bond acceptors (Lipinski definition) is 6. The van der Waals surface area contributed by atoms with Gasteiger partial charge in [-0.25, -0.2) is 9.67 Å². The van der Waals surface area contributed by atoms with Crippen molar-refractivity contribution in [3.8, 4) is 11.4 Å². The van der Waals surface area contributed by atoms with Crippen molar-refractivity contribution in [2.45, 2.75) is 32.0 Å². The van der Waals surface area contributed by atoms with Gasteiger partial charge in [0.1, 0.15) is 23.9 Å². The molecule has 43 heavy (non-hydrogen) atoms. The zero-order valence-corrected chi connectivity index (χ0v) is 23.2. The molecular weight excluding hydrogens is 555 g/mol. The van der Waals surface area contributed by atoms with Crippen LogP contribution in [0.25, 0.3) is 22.7 Å². The third-order valence-electron chi connectivity index (χ3n) is 7.31. The second-order valence-electron chi connectivity index (χ2n) is 10.4. The molecule has 1 aliphatic rings. The summed E-state index contributed by atoms with van der Waals surface area (Å²) in [5.41, 5.74) is 2.48. The van der Waals surface area contributed by atoms with Gasteiger partial charge in [0.2, 0.25) is 0 Å². The summed E-state index contributed by atoms with van der Waals surface area (Å²) >= 11 is 0. The van der Waals surface area contributed by atoms with Gasteiger partial charge in [-0.3, -0.25) is 4.79 Å². The minimum Gasteiger partial charge on any atom is -0.487 e. The largest absolute Gasteiger partial charge is 0.487 e. The van der Waals surface area contributed by atoms with Gasteiger partial charge < -0.3 is 9.64 Å². The lowest BCUT2D eigenvalue weighted by atomic mass is 10.1. The third kappa shape index (κ3) is 6.58. The average molecular weight is 584 g/mol. The Morgan fingerprint density at radius 1 is 0.930 bits per heavy atom. The van der Waals surface area contributed by atoms with E-state index in [9.17, 15) is 18.0 Å². The fourth-order valence-corrected chi connectivity index (χ4v) is 5.06. The molecule has 1 saturated heterocycles. The molecular formula is C33H28F3N5O2. The van der Waals surface area contributed by atoms with Gasteiger partial charge in [-0.15, -0.1) is 5.10 Å². The maximum absolute atomic E-state index is 13.2. The van der Waals surface area contributed by atoms with Crippen molar-refractivity contribution < 1.29 is 22.7 Å². The molecule has 10 heteroatoms. The number of piperidine rings is 1. The fourth-order valence-electron chi connectivity index (χ4n) is 5.06. The molecule has 1 aliphatic heterocycles. The summed E-state index contributed by atoms with van der Waals surface area (Å²) in [6.07, 6.45) is 4.02. The van der Waals surface area contributed by atoms with Crippen LogP contribution < -0.4 is 9.64 Å². The molecule has 7 nitrogen and oxygen atoms in total. The van der Waals surface area contributed by atoms with Crippen molar-refractivity contribution in [3.05, 3.63) is 114 Å². The van der Waals surface area contributed by atoms with E-state index in [0.717, 1.165) is 60.3 Å². The quantitative estimate of drug-likeness (QED) is 0.141. The van der Waals surface area contributed by atoms with Crippen LogP contribution in [0.2, 0.25) is 0 Å². The number of para-hydroxylation sites is 1. The normalized spacial score (nSPS) is 14.0. The Morgan fingerprint density at radius 2 is 1.72 bits per heavy atom. The van der Waals surface area contributed by atoms with Crippen molar-refractivity contribution in [1.82, 2.24) is 20.0 Å². The maximum Gasteiger partial charge on any atom is 0.416 e. The molecule has 0 spiro atoms. The van der Waals surface area contributed by atoms with Crippen LogP contribution in [-0.2, 0) is 12.8 Å². The average Bonchev–Trinajstić information content (AvgIpc) is 3.51. The Morgan fingerprint density at radius 3 is 2.51 bits per heavy atom. The number of nitrogens with zero attached hydrogens (tertiary/aromatic N) is 5. The van der Waals surface area contributed by atoms with E-state index < -0.39 is 11.7 Å². The van der Waals surface area contributed by atoms with E-state index >= 15 is 0 Å². The molecule has 0 amide bonds. The number of ether oxygens (including phenoxy) is 1. The highest BCUT2D eigenvalue weighted by Gasteiger charge is 2.30. The standard InChI is InChI=1S/C33H28F3N5O2/c34-33(35,36)26-12-14-28(15-13-26)41-21-27(38-39-41)22-43-29-9-6-8-24(20-29)31(42)16-11-25-19-23-7-2-3-10-30(23)37-32(25)40-17-4-1-5-18-40/h2-3,6-16,19-21H,1,4-5,17-18,22H2/b16-11+. The summed E-state index contributed by atoms with van der Waals surface area (Å²) in [5.74, 6) is 1.20. The summed E-state index contributed by atoms with van der Waals surface area (Å²) in [4.78, 5) is 20.4. The second kappa shape index (κ2) is 12.1. The number of aromatic nitrogens is 4. The maximum atomic E-state index is 13.2. The number of hydrogen-bond donors (Lipinski definition) is 0. The van der Waals surface area contributed by atoms with E-state index in [2.05, 4.69) is 21.3 Å². The second-order valence-corrected chi connectivity index (χ2v) is 10.4. The highest BCUT2D eigenvalue weighted by molar-refractivity contribution is 6.07. The number of halogens is 3. The SMILES string of the molecule is O=C(/C=C/c1cc2ccccc2nc1N1CCCCC1)c1cccc(OCc2cn(-c3ccc(C(F)(F)F)cc3)nn2)c1. The number of carbonyl (C=O) groups is 1. The molecule has 0 N–H and O–H groups in total. The number of allylic oxidation sites excluding steroid dienone is 1. The smallest absolute Gasteiger partial charge is 0.416 e. The van der Waals surface area contributed by atoms with Crippen molar-refractivity contribution in [3.63, 3.8) is 0 Å². The number of pyridine rings is 1. The zero-order valence-electron chi connectivity index (χ0n) is 23.2. The molecule has 1 fully saturated rings. The van der Waals surface area contributed by atoms with E-state index in [1.807, 2.05) is 30.3 Å². The van der Waals surface area contributed by atoms with Gasteiger partial charge in [-0.1, -0.05) is 35.5 Å². The lowest BCUT2D eigenvalue weighted by Gasteiger charge is -2.29. The van der Waals surface area contributed by atoms with E-state index in [1.165, 1.54) is 23.2 Å². The number of benzene rings is 3. The Hall–Kier alpha value is -4.99. The summed E-state index contributed by atoms with van der Waals surface area (Å²) in [7, 11) is 0. The van der Waals surface area contributed by atoms with Crippen LogP contribution in [0.4, 0.5) is 19.0 Å². The first kappa shape index (κ1) is 28.1. The van der Waals surface area contributed by atoms with Gasteiger partial charge in [0, 0.05) is 29.6 Å². The Bertz CT molecular complexity index is 1770. The Labute approximate surface area is 246 Å². The van der Waals surface area contributed by atoms with Gasteiger partial charge in [0.15, 0.2) is 5.78 Å². The van der Waals surface area contributed by atoms with Gasteiger partial charge in [-0.05, 0) is 79.9 Å². The van der Waals surface area contributed by atoms with Gasteiger partial charge in [-0.2, -0.15) is 13.2 Å². The molecule has 3 aromatic carbocycles. The van der Waals surface area contributed by atoms with Crippen LogP contribution in [0.15, 0.2) is 91.1 Å². The number of rotatable bonds is 8. The minimum absolute atomic E-state index is 0.0655. The first-order chi connectivity index (χ1) is 20.8. The van der Waals surface area contributed by atoms with Gasteiger partial charge in [0.05, 0.1) is 23.0 Å². The van der Waals surface area contributed by atoms with Crippen LogP contribution in [0, 0.1) is 0 Å². The van der Waals surface area contributed by atoms with Crippen LogP contribution >= 0.6 is 0 Å². The zero-order chi connectivity index (χ0) is 29.8. The summed E-state index contributed by atoms with van der Waals surface area (Å²) in [6.45, 7) is 1.95. The molecule has 3 heterocycles. The van der Waals surface area contributed by atoms with Crippen LogP contribution in [0.3, 0.4) is 0 Å². The highest BCUT2D eigenvalue weighted by Crippen LogP contribution is 2.30. The van der Waals surface area contributed by atoms with Crippen molar-refractivity contribution in [2.75, 3.05) is 18.0 Å². The summed E-state index contributed by atoms with van der Waals surface area (Å²) in [5, 5.41) is 9.04. The first-order valence-corrected chi connectivity index (χ1v) is 14.0. The van der Waals surface area contributed by atoms with Crippen LogP contribution in [-0.4, -0.2) is 38.9 Å². The molecule has 0 atom stereocenters. The van der Waals surface area contributed by atoms with Gasteiger partial charge in [0.25, 0.3) is 0 Å². The highest BCUT2D eigenvalue weighted by atomic mass is 19.4. The molecule has 0 aliphatic carbocycles. The predicted molar refractivity (Wildman–Crippen MR) is 158 cm³/mol. The van der Waals surface area contributed by atoms with Crippen LogP contribution in [0.1, 0.15) is 46.4 Å². The van der Waals surface area contributed by atoms with Gasteiger partial charge >= 0.3 is 6.18 Å². The molecule has 0 radical (unpaired) electrons. The number of carbonyl (C=O) groups excluding carboxylic acids is 1. The minimum atomic E-state index is -4.41. The number of anilines is 1. The fraction of sp³-hybridized carbons (Fsp3) is 0.212. The predicted octanol–water partition coefficient (Wildman–Crippen LogP) is 7.30. The van der Waals surface area contributed by atoms with Crippen molar-refractivity contribution in [1.29, 1.82) is 0 Å². The van der Waals surface area contributed by atoms with E-state index in [4.69, 9.17) is 9.72 Å². The third-order valence-corrected chi connectivity index (χ3v) is 7.31. The van der Waals surface area contributed by atoms with E-state index in [1.54, 1.807) is 36.5 Å². The van der Waals surface area contributed by atoms with Crippen LogP contribution in [0.5, 0.6) is 5.75 Å². The lowest BCUT2D eigenvalue weighted by Crippen LogP contribution is -2.30. The topological polar surface area (TPSA) is 73.1 Å². The number of fused-ring (bicyclic) bond motifs is 1. The molecule has 6 rings (SSSR count). The number of ketones is 1. The molecule has 0 unspecified atom stereocenters. The summed E-state index contributed by atoms with van der Waals surface area (Å²) < 4.78 is 45.8. The molecule has 218 valence electrons. The van der Waals surface area contributed by atoms with E-state index in [-0.39, 0.29) is 12.4 Å². The van der Waals surface area contributed by atoms with Crippen molar-refractivity contribution >= 4 is 28.6 Å². The summed E-state index contributed by atoms with van der Waals surface area (Å²) in [6, 6.07) is 21.6. The molecule has 2 aromatic heterocycles. The Balaban J connectivity index is 1.14. The number of alkyl halides is 3. The lowest BCUT2D eigenvalue weighted by molar-refractivity contribution is -0.137.